The van der Waals surface area contributed by atoms with Gasteiger partial charge in [0.25, 0.3) is 0 Å². The van der Waals surface area contributed by atoms with Gasteiger partial charge in [-0.2, -0.15) is 0 Å². The van der Waals surface area contributed by atoms with Crippen molar-refractivity contribution in [2.75, 3.05) is 0 Å². The summed E-state index contributed by atoms with van der Waals surface area (Å²) >= 11 is 0. The van der Waals surface area contributed by atoms with Gasteiger partial charge in [-0.25, -0.2) is 0 Å². The second-order valence-electron chi connectivity index (χ2n) is 3.24. The first-order valence-corrected chi connectivity index (χ1v) is 4.53. The molecule has 0 bridgehead atoms. The summed E-state index contributed by atoms with van der Waals surface area (Å²) in [5, 5.41) is 2.75. The topological polar surface area (TPSA) is 17.1 Å². The second kappa shape index (κ2) is 4.56. The third-order valence-corrected chi connectivity index (χ3v) is 2.36. The molecule has 2 aromatic rings. The first-order valence-electron chi connectivity index (χ1n) is 4.53. The van der Waals surface area contributed by atoms with Crippen molar-refractivity contribution in [1.29, 1.82) is 0 Å². The van der Waals surface area contributed by atoms with Crippen LogP contribution in [0.25, 0.3) is 10.8 Å². The van der Waals surface area contributed by atoms with E-state index in [0.29, 0.717) is 0 Å². The summed E-state index contributed by atoms with van der Waals surface area (Å²) in [6.45, 7) is 6.31. The molecule has 0 aromatic heterocycles. The van der Waals surface area contributed by atoms with Gasteiger partial charge in [0.15, 0.2) is 0 Å². The number of aryl methyl sites for hydroxylation is 2. The van der Waals surface area contributed by atoms with Crippen LogP contribution in [0.1, 0.15) is 11.1 Å². The number of carbonyl (C=O) groups is 1. The van der Waals surface area contributed by atoms with E-state index in [1.165, 1.54) is 21.9 Å². The molecule has 0 aliphatic rings. The highest BCUT2D eigenvalue weighted by Gasteiger charge is 1.96. The minimum atomic E-state index is 1.36. The van der Waals surface area contributed by atoms with Gasteiger partial charge in [0.2, 0.25) is 0 Å². The predicted molar refractivity (Wildman–Crippen MR) is 60.5 cm³/mol. The molecule has 0 aliphatic carbocycles. The molecule has 0 saturated heterocycles. The molecule has 0 amide bonds. The van der Waals surface area contributed by atoms with Crippen molar-refractivity contribution >= 4 is 17.6 Å². The smallest absolute Gasteiger partial charge is 0.106 e. The average Bonchev–Trinajstić information content (AvgIpc) is 2.23. The lowest BCUT2D eigenvalue weighted by Crippen LogP contribution is -1.80. The van der Waals surface area contributed by atoms with Crippen LogP contribution < -0.4 is 0 Å². The molecule has 0 heterocycles. The highest BCUT2D eigenvalue weighted by atomic mass is 16.1. The van der Waals surface area contributed by atoms with Crippen molar-refractivity contribution in [3.63, 3.8) is 0 Å². The molecular formula is C13H14O. The first kappa shape index (κ1) is 10.5. The lowest BCUT2D eigenvalue weighted by Gasteiger charge is -2.03. The maximum absolute atomic E-state index is 8.00. The van der Waals surface area contributed by atoms with E-state index in [0.717, 1.165) is 0 Å². The maximum atomic E-state index is 8.00. The van der Waals surface area contributed by atoms with Crippen LogP contribution in [0.5, 0.6) is 0 Å². The minimum Gasteiger partial charge on any atom is -0.307 e. The third-order valence-electron chi connectivity index (χ3n) is 2.36. The molecule has 0 N–H and O–H groups in total. The lowest BCUT2D eigenvalue weighted by atomic mass is 10.0. The Hall–Kier alpha value is -1.63. The summed E-state index contributed by atoms with van der Waals surface area (Å²) in [4.78, 5) is 8.00. The third kappa shape index (κ3) is 1.82. The highest BCUT2D eigenvalue weighted by molar-refractivity contribution is 5.88. The highest BCUT2D eigenvalue weighted by Crippen LogP contribution is 2.20. The molecule has 0 unspecified atom stereocenters. The van der Waals surface area contributed by atoms with E-state index in [-0.39, 0.29) is 0 Å². The van der Waals surface area contributed by atoms with Gasteiger partial charge in [-0.1, -0.05) is 36.4 Å². The lowest BCUT2D eigenvalue weighted by molar-refractivity contribution is -0.0979. The molecule has 0 fully saturated rings. The molecule has 1 nitrogen and oxygen atoms in total. The number of hydrogen-bond acceptors (Lipinski definition) is 1. The predicted octanol–water partition coefficient (Wildman–Crippen LogP) is 3.27. The summed E-state index contributed by atoms with van der Waals surface area (Å²) in [7, 11) is 0. The fourth-order valence-corrected chi connectivity index (χ4v) is 1.62. The molecule has 0 spiro atoms. The fraction of sp³-hybridized carbons (Fsp3) is 0.154. The Morgan fingerprint density at radius 2 is 1.14 bits per heavy atom. The Labute approximate surface area is 84.4 Å². The van der Waals surface area contributed by atoms with Crippen LogP contribution in [-0.2, 0) is 4.79 Å². The normalized spacial score (nSPS) is 9.29. The number of rotatable bonds is 0. The SMILES string of the molecule is C=O.Cc1cccc2c(C)cccc12. The molecule has 2 aromatic carbocycles. The minimum absolute atomic E-state index is 1.36. The molecule has 14 heavy (non-hydrogen) atoms. The van der Waals surface area contributed by atoms with Gasteiger partial charge < -0.3 is 4.79 Å². The van der Waals surface area contributed by atoms with E-state index < -0.39 is 0 Å². The van der Waals surface area contributed by atoms with Crippen LogP contribution in [-0.4, -0.2) is 6.79 Å². The van der Waals surface area contributed by atoms with Gasteiger partial charge in [-0.3, -0.25) is 0 Å². The quantitative estimate of drug-likeness (QED) is 0.617. The Morgan fingerprint density at radius 1 is 0.786 bits per heavy atom. The summed E-state index contributed by atoms with van der Waals surface area (Å²) in [5.74, 6) is 0. The average molecular weight is 186 g/mol. The van der Waals surface area contributed by atoms with E-state index in [1.807, 2.05) is 6.79 Å². The molecule has 72 valence electrons. The van der Waals surface area contributed by atoms with Gasteiger partial charge >= 0.3 is 0 Å². The summed E-state index contributed by atoms with van der Waals surface area (Å²) in [6, 6.07) is 12.9. The molecular weight excluding hydrogens is 172 g/mol. The van der Waals surface area contributed by atoms with Crippen LogP contribution in [0.2, 0.25) is 0 Å². The number of fused-ring (bicyclic) bond motifs is 1. The van der Waals surface area contributed by atoms with Crippen LogP contribution in [0.4, 0.5) is 0 Å². The Balaban J connectivity index is 0.000000461. The van der Waals surface area contributed by atoms with E-state index in [2.05, 4.69) is 50.2 Å². The van der Waals surface area contributed by atoms with Gasteiger partial charge in [-0.15, -0.1) is 0 Å². The molecule has 1 heteroatoms. The van der Waals surface area contributed by atoms with E-state index in [1.54, 1.807) is 0 Å². The fourth-order valence-electron chi connectivity index (χ4n) is 1.62. The number of hydrogen-bond donors (Lipinski definition) is 0. The Bertz CT molecular complexity index is 391. The van der Waals surface area contributed by atoms with Crippen molar-refractivity contribution in [3.05, 3.63) is 47.5 Å². The zero-order chi connectivity index (χ0) is 10.6. The van der Waals surface area contributed by atoms with Crippen LogP contribution in [0.15, 0.2) is 36.4 Å². The molecule has 0 aliphatic heterocycles. The Morgan fingerprint density at radius 3 is 1.50 bits per heavy atom. The van der Waals surface area contributed by atoms with Crippen LogP contribution >= 0.6 is 0 Å². The van der Waals surface area contributed by atoms with Gasteiger partial charge in [0.05, 0.1) is 0 Å². The summed E-state index contributed by atoms with van der Waals surface area (Å²) < 4.78 is 0. The first-order chi connectivity index (χ1) is 6.79. The Kier molecular flexibility index (Phi) is 3.41. The van der Waals surface area contributed by atoms with E-state index >= 15 is 0 Å². The molecule has 0 radical (unpaired) electrons. The summed E-state index contributed by atoms with van der Waals surface area (Å²) in [6.07, 6.45) is 0. The molecule has 0 atom stereocenters. The molecule has 0 saturated carbocycles. The van der Waals surface area contributed by atoms with Crippen molar-refractivity contribution in [3.8, 4) is 0 Å². The van der Waals surface area contributed by atoms with E-state index in [9.17, 15) is 0 Å². The van der Waals surface area contributed by atoms with Crippen molar-refractivity contribution < 1.29 is 4.79 Å². The standard InChI is InChI=1S/C12H12.CH2O/c1-9-5-3-8-12-10(2)6-4-7-11(9)12;1-2/h3-8H,1-2H3;1H2. The summed E-state index contributed by atoms with van der Waals surface area (Å²) in [5.41, 5.74) is 2.72. The second-order valence-corrected chi connectivity index (χ2v) is 3.24. The molecule has 2 rings (SSSR count). The number of benzene rings is 2. The van der Waals surface area contributed by atoms with Gasteiger partial charge in [-0.05, 0) is 35.7 Å². The van der Waals surface area contributed by atoms with Crippen LogP contribution in [0.3, 0.4) is 0 Å². The van der Waals surface area contributed by atoms with Crippen molar-refractivity contribution in [2.24, 2.45) is 0 Å². The van der Waals surface area contributed by atoms with Crippen molar-refractivity contribution in [2.45, 2.75) is 13.8 Å². The monoisotopic (exact) mass is 186 g/mol. The van der Waals surface area contributed by atoms with Crippen molar-refractivity contribution in [1.82, 2.24) is 0 Å². The zero-order valence-corrected chi connectivity index (χ0v) is 8.58. The van der Waals surface area contributed by atoms with E-state index in [4.69, 9.17) is 4.79 Å². The van der Waals surface area contributed by atoms with Crippen LogP contribution in [0, 0.1) is 13.8 Å². The largest absolute Gasteiger partial charge is 0.307 e. The number of carbonyl (C=O) groups excluding carboxylic acids is 1. The van der Waals surface area contributed by atoms with Gasteiger partial charge in [0.1, 0.15) is 6.79 Å². The zero-order valence-electron chi connectivity index (χ0n) is 8.58. The maximum Gasteiger partial charge on any atom is 0.106 e. The van der Waals surface area contributed by atoms with Gasteiger partial charge in [0, 0.05) is 0 Å².